The first-order chi connectivity index (χ1) is 9.35. The molecule has 0 saturated heterocycles. The Morgan fingerprint density at radius 1 is 1.00 bits per heavy atom. The smallest absolute Gasteiger partial charge is 0.121 e. The third kappa shape index (κ3) is 2.91. The summed E-state index contributed by atoms with van der Waals surface area (Å²) in [5.74, 6) is 1.47. The van der Waals surface area contributed by atoms with Gasteiger partial charge >= 0.3 is 0 Å². The molecule has 3 aromatic rings. The molecule has 3 rings (SSSR count). The molecule has 0 bridgehead atoms. The zero-order valence-electron chi connectivity index (χ0n) is 10.3. The van der Waals surface area contributed by atoms with Gasteiger partial charge in [0.2, 0.25) is 0 Å². The van der Waals surface area contributed by atoms with Crippen molar-refractivity contribution in [1.82, 2.24) is 0 Å². The first kappa shape index (κ1) is 12.5. The van der Waals surface area contributed by atoms with Gasteiger partial charge in [-0.05, 0) is 35.2 Å². The number of ether oxygens (including phenoxy) is 1. The summed E-state index contributed by atoms with van der Waals surface area (Å²) >= 11 is 7.58. The van der Waals surface area contributed by atoms with E-state index in [0.717, 1.165) is 5.75 Å². The molecule has 0 atom stereocenters. The highest BCUT2D eigenvalue weighted by Gasteiger charge is 2.03. The number of halogens is 1. The van der Waals surface area contributed by atoms with Crippen LogP contribution < -0.4 is 4.74 Å². The quantitative estimate of drug-likeness (QED) is 0.598. The van der Waals surface area contributed by atoms with E-state index in [4.69, 9.17) is 16.3 Å². The van der Waals surface area contributed by atoms with Gasteiger partial charge in [0.1, 0.15) is 12.4 Å². The van der Waals surface area contributed by atoms with Crippen LogP contribution >= 0.6 is 22.9 Å². The largest absolute Gasteiger partial charge is 0.489 e. The average molecular weight is 289 g/mol. The van der Waals surface area contributed by atoms with Gasteiger partial charge in [-0.25, -0.2) is 0 Å². The van der Waals surface area contributed by atoms with Crippen LogP contribution in [0, 0.1) is 0 Å². The van der Waals surface area contributed by atoms with Gasteiger partial charge in [-0.3, -0.25) is 0 Å². The third-order valence-electron chi connectivity index (χ3n) is 2.92. The SMILES string of the molecule is ClCc1cc2ccc(OCc3ccccc3)cc2s1. The van der Waals surface area contributed by atoms with Gasteiger partial charge in [0.25, 0.3) is 0 Å². The van der Waals surface area contributed by atoms with Crippen molar-refractivity contribution < 1.29 is 4.74 Å². The van der Waals surface area contributed by atoms with E-state index < -0.39 is 0 Å². The van der Waals surface area contributed by atoms with E-state index in [-0.39, 0.29) is 0 Å². The first-order valence-electron chi connectivity index (χ1n) is 6.10. The third-order valence-corrected chi connectivity index (χ3v) is 4.47. The van der Waals surface area contributed by atoms with Crippen molar-refractivity contribution in [3.63, 3.8) is 0 Å². The van der Waals surface area contributed by atoms with E-state index in [2.05, 4.69) is 30.3 Å². The van der Waals surface area contributed by atoms with Crippen molar-refractivity contribution in [3.05, 3.63) is 65.0 Å². The molecule has 3 heteroatoms. The zero-order valence-corrected chi connectivity index (χ0v) is 11.9. The van der Waals surface area contributed by atoms with Gasteiger partial charge in [-0.1, -0.05) is 30.3 Å². The Hall–Kier alpha value is -1.51. The maximum Gasteiger partial charge on any atom is 0.121 e. The second kappa shape index (κ2) is 5.64. The second-order valence-electron chi connectivity index (χ2n) is 4.32. The second-order valence-corrected chi connectivity index (χ2v) is 5.76. The van der Waals surface area contributed by atoms with Gasteiger partial charge < -0.3 is 4.74 Å². The fourth-order valence-corrected chi connectivity index (χ4v) is 3.15. The summed E-state index contributed by atoms with van der Waals surface area (Å²) in [5.41, 5.74) is 1.18. The summed E-state index contributed by atoms with van der Waals surface area (Å²) in [6.07, 6.45) is 0. The summed E-state index contributed by atoms with van der Waals surface area (Å²) in [6, 6.07) is 18.5. The average Bonchev–Trinajstić information content (AvgIpc) is 2.88. The Morgan fingerprint density at radius 3 is 2.63 bits per heavy atom. The molecule has 1 nitrogen and oxygen atoms in total. The summed E-state index contributed by atoms with van der Waals surface area (Å²) in [6.45, 7) is 0.597. The molecule has 0 aliphatic heterocycles. The number of fused-ring (bicyclic) bond motifs is 1. The van der Waals surface area contributed by atoms with Gasteiger partial charge in [0.05, 0.1) is 5.88 Å². The molecule has 0 aliphatic carbocycles. The number of alkyl halides is 1. The van der Waals surface area contributed by atoms with Crippen LogP contribution in [-0.4, -0.2) is 0 Å². The molecule has 0 aliphatic rings. The fraction of sp³-hybridized carbons (Fsp3) is 0.125. The van der Waals surface area contributed by atoms with E-state index in [1.807, 2.05) is 24.3 Å². The van der Waals surface area contributed by atoms with Gasteiger partial charge in [0.15, 0.2) is 0 Å². The molecule has 96 valence electrons. The van der Waals surface area contributed by atoms with Crippen molar-refractivity contribution in [3.8, 4) is 5.75 Å². The van der Waals surface area contributed by atoms with E-state index >= 15 is 0 Å². The summed E-state index contributed by atoms with van der Waals surface area (Å²) in [5, 5.41) is 1.23. The number of benzene rings is 2. The van der Waals surface area contributed by atoms with Crippen molar-refractivity contribution >= 4 is 33.0 Å². The van der Waals surface area contributed by atoms with Crippen molar-refractivity contribution in [2.45, 2.75) is 12.5 Å². The zero-order chi connectivity index (χ0) is 13.1. The lowest BCUT2D eigenvalue weighted by molar-refractivity contribution is 0.306. The van der Waals surface area contributed by atoms with Gasteiger partial charge in [0, 0.05) is 9.58 Å². The van der Waals surface area contributed by atoms with Crippen LogP contribution in [0.3, 0.4) is 0 Å². The van der Waals surface area contributed by atoms with Crippen LogP contribution in [0.2, 0.25) is 0 Å². The van der Waals surface area contributed by atoms with Crippen LogP contribution in [0.1, 0.15) is 10.4 Å². The Morgan fingerprint density at radius 2 is 1.84 bits per heavy atom. The highest BCUT2D eigenvalue weighted by atomic mass is 35.5. The Labute approximate surface area is 121 Å². The summed E-state index contributed by atoms with van der Waals surface area (Å²) in [4.78, 5) is 1.19. The number of hydrogen-bond acceptors (Lipinski definition) is 2. The molecule has 2 aromatic carbocycles. The minimum Gasteiger partial charge on any atom is -0.489 e. The van der Waals surface area contributed by atoms with Gasteiger partial charge in [-0.15, -0.1) is 22.9 Å². The number of rotatable bonds is 4. The fourth-order valence-electron chi connectivity index (χ4n) is 1.96. The lowest BCUT2D eigenvalue weighted by atomic mass is 10.2. The molecular weight excluding hydrogens is 276 g/mol. The molecule has 19 heavy (non-hydrogen) atoms. The molecule has 1 aromatic heterocycles. The van der Waals surface area contributed by atoms with Crippen molar-refractivity contribution in [2.75, 3.05) is 0 Å². The number of thiophene rings is 1. The Bertz CT molecular complexity index is 676. The first-order valence-corrected chi connectivity index (χ1v) is 7.45. The maximum absolute atomic E-state index is 5.86. The lowest BCUT2D eigenvalue weighted by Gasteiger charge is -2.06. The molecule has 0 saturated carbocycles. The van der Waals surface area contributed by atoms with Gasteiger partial charge in [-0.2, -0.15) is 0 Å². The van der Waals surface area contributed by atoms with E-state index in [9.17, 15) is 0 Å². The predicted molar refractivity (Wildman–Crippen MR) is 82.2 cm³/mol. The van der Waals surface area contributed by atoms with Crippen LogP contribution in [0.15, 0.2) is 54.6 Å². The molecule has 0 fully saturated rings. The topological polar surface area (TPSA) is 9.23 Å². The molecule has 0 amide bonds. The molecular formula is C16H13ClOS. The monoisotopic (exact) mass is 288 g/mol. The van der Waals surface area contributed by atoms with Crippen LogP contribution in [0.5, 0.6) is 5.75 Å². The lowest BCUT2D eigenvalue weighted by Crippen LogP contribution is -1.94. The molecule has 0 radical (unpaired) electrons. The summed E-state index contributed by atoms with van der Waals surface area (Å²) in [7, 11) is 0. The van der Waals surface area contributed by atoms with Crippen molar-refractivity contribution in [2.24, 2.45) is 0 Å². The Kier molecular flexibility index (Phi) is 3.72. The normalized spacial score (nSPS) is 10.8. The van der Waals surface area contributed by atoms with Crippen molar-refractivity contribution in [1.29, 1.82) is 0 Å². The molecule has 0 unspecified atom stereocenters. The highest BCUT2D eigenvalue weighted by Crippen LogP contribution is 2.30. The molecule has 1 heterocycles. The van der Waals surface area contributed by atoms with E-state index in [1.54, 1.807) is 11.3 Å². The predicted octanol–water partition coefficient (Wildman–Crippen LogP) is 5.22. The van der Waals surface area contributed by atoms with E-state index in [0.29, 0.717) is 12.5 Å². The minimum absolute atomic E-state index is 0.569. The summed E-state index contributed by atoms with van der Waals surface area (Å²) < 4.78 is 7.04. The standard InChI is InChI=1S/C16H13ClOS/c17-10-15-8-13-6-7-14(9-16(13)19-15)18-11-12-4-2-1-3-5-12/h1-9H,10-11H2. The van der Waals surface area contributed by atoms with Crippen LogP contribution in [0.4, 0.5) is 0 Å². The Balaban J connectivity index is 1.78. The maximum atomic E-state index is 5.86. The minimum atomic E-state index is 0.569. The van der Waals surface area contributed by atoms with E-state index in [1.165, 1.54) is 20.5 Å². The van der Waals surface area contributed by atoms with Crippen LogP contribution in [-0.2, 0) is 12.5 Å². The number of hydrogen-bond donors (Lipinski definition) is 0. The molecule has 0 N–H and O–H groups in total. The van der Waals surface area contributed by atoms with Crippen LogP contribution in [0.25, 0.3) is 10.1 Å². The highest BCUT2D eigenvalue weighted by molar-refractivity contribution is 7.19. The molecule has 0 spiro atoms.